The summed E-state index contributed by atoms with van der Waals surface area (Å²) in [4.78, 5) is 19.4. The Balaban J connectivity index is 1.81. The van der Waals surface area contributed by atoms with Gasteiger partial charge in [0.1, 0.15) is 30.5 Å². The fourth-order valence-corrected chi connectivity index (χ4v) is 4.51. The zero-order valence-corrected chi connectivity index (χ0v) is 14.0. The normalized spacial score (nSPS) is 53.7. The fourth-order valence-electron chi connectivity index (χ4n) is 2.56. The second-order valence-electron chi connectivity index (χ2n) is 5.50. The molecular weight excluding hydrogens is 377 g/mol. The number of ether oxygens (including phenoxy) is 2. The maximum Gasteiger partial charge on any atom is 0.472 e. The first kappa shape index (κ1) is 18.8. The maximum absolute atomic E-state index is 13.8. The van der Waals surface area contributed by atoms with Gasteiger partial charge in [-0.05, 0) is 0 Å². The number of hydrogen-bond donors (Lipinski definition) is 3. The zero-order valence-electron chi connectivity index (χ0n) is 12.2. The van der Waals surface area contributed by atoms with Crippen molar-refractivity contribution < 1.29 is 56.0 Å². The zero-order chi connectivity index (χ0) is 17.5. The molecule has 3 aliphatic heterocycles. The Morgan fingerprint density at radius 2 is 1.33 bits per heavy atom. The predicted octanol–water partition coefficient (Wildman–Crippen LogP) is -0.499. The molecule has 24 heavy (non-hydrogen) atoms. The molecule has 3 fully saturated rings. The Bertz CT molecular complexity index is 513. The highest BCUT2D eigenvalue weighted by Crippen LogP contribution is 2.51. The van der Waals surface area contributed by atoms with Crippen molar-refractivity contribution in [2.75, 3.05) is 26.4 Å². The van der Waals surface area contributed by atoms with Crippen molar-refractivity contribution in [1.29, 1.82) is 0 Å². The van der Waals surface area contributed by atoms with E-state index in [4.69, 9.17) is 27.6 Å². The van der Waals surface area contributed by atoms with Crippen LogP contribution in [0.2, 0.25) is 0 Å². The molecular formula is C10H17FO11P2. The predicted molar refractivity (Wildman–Crippen MR) is 71.7 cm³/mol. The lowest BCUT2D eigenvalue weighted by molar-refractivity contribution is -0.0446. The van der Waals surface area contributed by atoms with Crippen LogP contribution in [0.1, 0.15) is 0 Å². The van der Waals surface area contributed by atoms with E-state index < -0.39 is 72.2 Å². The van der Waals surface area contributed by atoms with Crippen LogP contribution in [0.25, 0.3) is 0 Å². The number of halogens is 1. The minimum atomic E-state index is -4.67. The van der Waals surface area contributed by atoms with Crippen LogP contribution < -0.4 is 0 Å². The van der Waals surface area contributed by atoms with Gasteiger partial charge in [-0.1, -0.05) is 0 Å². The van der Waals surface area contributed by atoms with E-state index in [0.717, 1.165) is 0 Å². The Morgan fingerprint density at radius 1 is 0.833 bits per heavy atom. The van der Waals surface area contributed by atoms with Gasteiger partial charge in [-0.2, -0.15) is 0 Å². The van der Waals surface area contributed by atoms with Gasteiger partial charge in [-0.15, -0.1) is 0 Å². The first-order chi connectivity index (χ1) is 11.2. The monoisotopic (exact) mass is 394 g/mol. The summed E-state index contributed by atoms with van der Waals surface area (Å²) >= 11 is 0. The van der Waals surface area contributed by atoms with Gasteiger partial charge in [0.2, 0.25) is 0 Å². The quantitative estimate of drug-likeness (QED) is 0.456. The summed E-state index contributed by atoms with van der Waals surface area (Å²) in [5, 5.41) is 9.75. The van der Waals surface area contributed by atoms with Crippen molar-refractivity contribution in [3.8, 4) is 0 Å². The lowest BCUT2D eigenvalue weighted by Crippen LogP contribution is -2.38. The molecule has 0 radical (unpaired) electrons. The number of alkyl halides is 1. The van der Waals surface area contributed by atoms with Crippen LogP contribution in [-0.2, 0) is 36.7 Å². The van der Waals surface area contributed by atoms with Gasteiger partial charge in [-0.3, -0.25) is 18.1 Å². The molecule has 0 saturated carbocycles. The Kier molecular flexibility index (Phi) is 5.47. The Morgan fingerprint density at radius 3 is 1.96 bits per heavy atom. The summed E-state index contributed by atoms with van der Waals surface area (Å²) in [5.41, 5.74) is 0. The lowest BCUT2D eigenvalue weighted by Gasteiger charge is -2.27. The molecule has 0 aromatic rings. The van der Waals surface area contributed by atoms with Gasteiger partial charge in [0, 0.05) is 0 Å². The summed E-state index contributed by atoms with van der Waals surface area (Å²) in [6.45, 7) is -1.91. The third-order valence-corrected chi connectivity index (χ3v) is 5.70. The van der Waals surface area contributed by atoms with E-state index >= 15 is 0 Å². The number of phosphoric ester groups is 2. The molecule has 0 spiro atoms. The van der Waals surface area contributed by atoms with Crippen LogP contribution in [0.4, 0.5) is 4.39 Å². The standard InChI is InChI=1S/C10H17FO11P2/c11-5-1-17-7-3-19-24(15,16)22-10-6(12)2-18-8(10)4-20-23(13,14)21-9(5)7/h5-10,12H,1-4H2,(H,13,14)(H,15,16)/t5-,6-,7+,8+,9-,10-/m0/s1. The average Bonchev–Trinajstić information content (AvgIpc) is 2.99. The first-order valence-corrected chi connectivity index (χ1v) is 10.0. The van der Waals surface area contributed by atoms with Gasteiger partial charge in [-0.25, -0.2) is 13.5 Å². The van der Waals surface area contributed by atoms with Crippen molar-refractivity contribution in [3.05, 3.63) is 0 Å². The smallest absolute Gasteiger partial charge is 0.388 e. The number of aliphatic hydroxyl groups is 1. The highest BCUT2D eigenvalue weighted by atomic mass is 31.2. The van der Waals surface area contributed by atoms with E-state index in [1.807, 2.05) is 0 Å². The molecule has 3 rings (SSSR count). The van der Waals surface area contributed by atoms with Gasteiger partial charge >= 0.3 is 15.6 Å². The maximum atomic E-state index is 13.8. The summed E-state index contributed by atoms with van der Waals surface area (Å²) < 4.78 is 66.9. The first-order valence-electron chi connectivity index (χ1n) is 7.04. The molecule has 2 unspecified atom stereocenters. The SMILES string of the molecule is O=P1(O)OC[C@H]2OC[C@H](F)[C@@H]2OP(=O)(O)OC[C@H]2OC[C@H](O)[C@@H]2O1. The van der Waals surface area contributed by atoms with Crippen molar-refractivity contribution in [2.24, 2.45) is 0 Å². The minimum absolute atomic E-state index is 0.240. The van der Waals surface area contributed by atoms with Gasteiger partial charge in [0.05, 0.1) is 26.4 Å². The third-order valence-electron chi connectivity index (χ3n) is 3.73. The highest BCUT2D eigenvalue weighted by Gasteiger charge is 2.48. The summed E-state index contributed by atoms with van der Waals surface area (Å²) in [7, 11) is -9.30. The molecule has 14 heteroatoms. The third kappa shape index (κ3) is 4.22. The largest absolute Gasteiger partial charge is 0.472 e. The molecule has 11 nitrogen and oxygen atoms in total. The Labute approximate surface area is 135 Å². The molecule has 3 heterocycles. The van der Waals surface area contributed by atoms with Crippen molar-refractivity contribution in [1.82, 2.24) is 0 Å². The van der Waals surface area contributed by atoms with Crippen molar-refractivity contribution in [2.45, 2.75) is 36.7 Å². The minimum Gasteiger partial charge on any atom is -0.388 e. The number of rotatable bonds is 0. The summed E-state index contributed by atoms with van der Waals surface area (Å²) in [6, 6.07) is 0. The van der Waals surface area contributed by atoms with E-state index in [9.17, 15) is 28.4 Å². The van der Waals surface area contributed by atoms with Crippen molar-refractivity contribution in [3.63, 3.8) is 0 Å². The van der Waals surface area contributed by atoms with Crippen LogP contribution in [0, 0.1) is 0 Å². The van der Waals surface area contributed by atoms with Gasteiger partial charge < -0.3 is 24.4 Å². The van der Waals surface area contributed by atoms with E-state index in [1.165, 1.54) is 0 Å². The molecule has 0 amide bonds. The number of phosphoric acid groups is 2. The second-order valence-corrected chi connectivity index (χ2v) is 8.31. The van der Waals surface area contributed by atoms with Crippen LogP contribution in [0.3, 0.4) is 0 Å². The molecule has 3 saturated heterocycles. The second kappa shape index (κ2) is 6.98. The van der Waals surface area contributed by atoms with Crippen LogP contribution >= 0.6 is 15.6 Å². The van der Waals surface area contributed by atoms with Crippen LogP contribution in [0.15, 0.2) is 0 Å². The van der Waals surface area contributed by atoms with E-state index in [1.54, 1.807) is 0 Å². The highest BCUT2D eigenvalue weighted by molar-refractivity contribution is 7.47. The van der Waals surface area contributed by atoms with E-state index in [2.05, 4.69) is 0 Å². The molecule has 8 atom stereocenters. The molecule has 3 N–H and O–H groups in total. The molecule has 0 aliphatic carbocycles. The topological polar surface area (TPSA) is 150 Å². The summed E-state index contributed by atoms with van der Waals surface area (Å²) in [6.07, 6.45) is -8.20. The van der Waals surface area contributed by atoms with Crippen LogP contribution in [-0.4, -0.2) is 78.0 Å². The van der Waals surface area contributed by atoms with Gasteiger partial charge in [0.25, 0.3) is 0 Å². The average molecular weight is 394 g/mol. The van der Waals surface area contributed by atoms with Crippen molar-refractivity contribution >= 4 is 15.6 Å². The molecule has 0 aromatic carbocycles. The van der Waals surface area contributed by atoms with Gasteiger partial charge in [0.15, 0.2) is 6.17 Å². The lowest BCUT2D eigenvalue weighted by atomic mass is 10.2. The van der Waals surface area contributed by atoms with E-state index in [0.29, 0.717) is 0 Å². The van der Waals surface area contributed by atoms with Crippen LogP contribution in [0.5, 0.6) is 0 Å². The summed E-state index contributed by atoms with van der Waals surface area (Å²) in [5.74, 6) is 0. The Hall–Kier alpha value is 0.0300. The molecule has 3 aliphatic rings. The molecule has 0 bridgehead atoms. The number of fused-ring (bicyclic) bond motifs is 2. The molecule has 0 aromatic heterocycles. The fraction of sp³-hybridized carbons (Fsp3) is 1.00. The van der Waals surface area contributed by atoms with E-state index in [-0.39, 0.29) is 6.61 Å². The number of hydrogen-bond acceptors (Lipinski definition) is 9. The number of aliphatic hydroxyl groups excluding tert-OH is 1. The molecule has 140 valence electrons.